The molecule has 1 heterocycles. The molecule has 110 valence electrons. The van der Waals surface area contributed by atoms with Crippen LogP contribution in [-0.4, -0.2) is 24.5 Å². The molecule has 1 saturated carbocycles. The number of hydrogen-bond donors (Lipinski definition) is 1. The average Bonchev–Trinajstić information content (AvgIpc) is 3.09. The van der Waals surface area contributed by atoms with Crippen molar-refractivity contribution in [1.82, 2.24) is 10.2 Å². The first kappa shape index (κ1) is 15.6. The molecule has 0 unspecified atom stereocenters. The summed E-state index contributed by atoms with van der Waals surface area (Å²) in [6, 6.07) is 4.51. The summed E-state index contributed by atoms with van der Waals surface area (Å²) in [5.74, 6) is 4.40. The fourth-order valence-corrected chi connectivity index (χ4v) is 3.32. The normalized spacial score (nSPS) is 14.9. The highest BCUT2D eigenvalue weighted by Crippen LogP contribution is 2.30. The van der Waals surface area contributed by atoms with Crippen LogP contribution in [0.15, 0.2) is 12.1 Å². The second kappa shape index (κ2) is 7.83. The Kier molecular flexibility index (Phi) is 6.09. The molecule has 1 aromatic heterocycles. The maximum atomic E-state index is 5.48. The number of thiophene rings is 1. The summed E-state index contributed by atoms with van der Waals surface area (Å²) >= 11 is 1.91. The predicted octanol–water partition coefficient (Wildman–Crippen LogP) is 3.34. The van der Waals surface area contributed by atoms with Crippen LogP contribution in [0.5, 0.6) is 0 Å². The third-order valence-electron chi connectivity index (χ3n) is 3.48. The summed E-state index contributed by atoms with van der Waals surface area (Å²) in [6.45, 7) is 9.50. The van der Waals surface area contributed by atoms with E-state index in [0.717, 1.165) is 32.1 Å². The summed E-state index contributed by atoms with van der Waals surface area (Å²) in [7, 11) is 0. The maximum absolute atomic E-state index is 5.48. The Morgan fingerprint density at radius 3 is 2.80 bits per heavy atom. The maximum Gasteiger partial charge on any atom is 0.0602 e. The molecule has 0 aliphatic heterocycles. The van der Waals surface area contributed by atoms with Crippen molar-refractivity contribution in [2.75, 3.05) is 19.6 Å². The van der Waals surface area contributed by atoms with Crippen LogP contribution in [0, 0.1) is 24.2 Å². The smallest absolute Gasteiger partial charge is 0.0602 e. The molecule has 0 aromatic carbocycles. The fraction of sp³-hybridized carbons (Fsp3) is 0.647. The van der Waals surface area contributed by atoms with Gasteiger partial charge in [-0.05, 0) is 43.4 Å². The standard InChI is InChI=1S/C17H26N2S/c1-4-9-19(12-15-5-6-15)13-17-8-7-16(20-17)11-18-10-14(2)3/h1,7-8,14-15,18H,5-6,9-13H2,2-3H3. The zero-order chi connectivity index (χ0) is 14.4. The Morgan fingerprint density at radius 2 is 2.15 bits per heavy atom. The molecule has 1 fully saturated rings. The van der Waals surface area contributed by atoms with Crippen LogP contribution >= 0.6 is 11.3 Å². The van der Waals surface area contributed by atoms with E-state index in [2.05, 4.69) is 42.1 Å². The SMILES string of the molecule is C#CCN(Cc1ccc(CNCC(C)C)s1)CC1CC1. The van der Waals surface area contributed by atoms with E-state index in [4.69, 9.17) is 6.42 Å². The highest BCUT2D eigenvalue weighted by Gasteiger charge is 2.24. The lowest BCUT2D eigenvalue weighted by Crippen LogP contribution is -2.25. The lowest BCUT2D eigenvalue weighted by Gasteiger charge is -2.18. The summed E-state index contributed by atoms with van der Waals surface area (Å²) < 4.78 is 0. The Bertz CT molecular complexity index is 440. The van der Waals surface area contributed by atoms with E-state index in [1.54, 1.807) is 0 Å². The Labute approximate surface area is 127 Å². The first-order valence-electron chi connectivity index (χ1n) is 7.61. The molecule has 2 nitrogen and oxygen atoms in total. The molecule has 0 saturated heterocycles. The number of terminal acetylenes is 1. The molecule has 0 bridgehead atoms. The highest BCUT2D eigenvalue weighted by atomic mass is 32.1. The molecule has 20 heavy (non-hydrogen) atoms. The van der Waals surface area contributed by atoms with Crippen molar-refractivity contribution in [2.24, 2.45) is 11.8 Å². The minimum absolute atomic E-state index is 0.707. The molecule has 1 aromatic rings. The van der Waals surface area contributed by atoms with Gasteiger partial charge in [-0.3, -0.25) is 4.90 Å². The second-order valence-corrected chi connectivity index (χ2v) is 7.46. The first-order valence-corrected chi connectivity index (χ1v) is 8.43. The first-order chi connectivity index (χ1) is 9.67. The van der Waals surface area contributed by atoms with Crippen LogP contribution in [0.3, 0.4) is 0 Å². The Hall–Kier alpha value is -0.820. The van der Waals surface area contributed by atoms with E-state index in [1.165, 1.54) is 29.1 Å². The summed E-state index contributed by atoms with van der Waals surface area (Å²) in [5.41, 5.74) is 0. The lowest BCUT2D eigenvalue weighted by atomic mass is 10.2. The van der Waals surface area contributed by atoms with Crippen molar-refractivity contribution in [3.05, 3.63) is 21.9 Å². The number of nitrogens with zero attached hydrogens (tertiary/aromatic N) is 1. The van der Waals surface area contributed by atoms with Crippen LogP contribution in [0.2, 0.25) is 0 Å². The molecule has 3 heteroatoms. The molecular formula is C17H26N2S. The van der Waals surface area contributed by atoms with Crippen molar-refractivity contribution in [3.63, 3.8) is 0 Å². The number of rotatable bonds is 9. The zero-order valence-electron chi connectivity index (χ0n) is 12.7. The van der Waals surface area contributed by atoms with E-state index < -0.39 is 0 Å². The van der Waals surface area contributed by atoms with Crippen molar-refractivity contribution < 1.29 is 0 Å². The molecule has 1 aliphatic carbocycles. The van der Waals surface area contributed by atoms with Crippen molar-refractivity contribution in [1.29, 1.82) is 0 Å². The van der Waals surface area contributed by atoms with Crippen LogP contribution in [-0.2, 0) is 13.1 Å². The summed E-state index contributed by atoms with van der Waals surface area (Å²) in [6.07, 6.45) is 8.25. The van der Waals surface area contributed by atoms with Crippen molar-refractivity contribution in [2.45, 2.75) is 39.8 Å². The van der Waals surface area contributed by atoms with E-state index in [9.17, 15) is 0 Å². The Morgan fingerprint density at radius 1 is 1.40 bits per heavy atom. The van der Waals surface area contributed by atoms with Crippen LogP contribution in [0.4, 0.5) is 0 Å². The van der Waals surface area contributed by atoms with Gasteiger partial charge in [0.15, 0.2) is 0 Å². The van der Waals surface area contributed by atoms with Gasteiger partial charge in [-0.25, -0.2) is 0 Å². The van der Waals surface area contributed by atoms with Gasteiger partial charge in [0.25, 0.3) is 0 Å². The third kappa shape index (κ3) is 5.66. The zero-order valence-corrected chi connectivity index (χ0v) is 13.5. The molecule has 0 spiro atoms. The highest BCUT2D eigenvalue weighted by molar-refractivity contribution is 7.11. The van der Waals surface area contributed by atoms with Crippen LogP contribution in [0.1, 0.15) is 36.4 Å². The topological polar surface area (TPSA) is 15.3 Å². The molecular weight excluding hydrogens is 264 g/mol. The van der Waals surface area contributed by atoms with Crippen molar-refractivity contribution in [3.8, 4) is 12.3 Å². The fourth-order valence-electron chi connectivity index (χ4n) is 2.29. The molecule has 2 rings (SSSR count). The van der Waals surface area contributed by atoms with E-state index in [0.29, 0.717) is 5.92 Å². The van der Waals surface area contributed by atoms with Gasteiger partial charge in [0.1, 0.15) is 0 Å². The van der Waals surface area contributed by atoms with E-state index >= 15 is 0 Å². The van der Waals surface area contributed by atoms with E-state index in [1.807, 2.05) is 11.3 Å². The van der Waals surface area contributed by atoms with Crippen LogP contribution < -0.4 is 5.32 Å². The van der Waals surface area contributed by atoms with Gasteiger partial charge in [0.2, 0.25) is 0 Å². The van der Waals surface area contributed by atoms with Gasteiger partial charge < -0.3 is 5.32 Å². The van der Waals surface area contributed by atoms with Gasteiger partial charge in [-0.2, -0.15) is 0 Å². The monoisotopic (exact) mass is 290 g/mol. The van der Waals surface area contributed by atoms with Gasteiger partial charge in [0, 0.05) is 29.4 Å². The third-order valence-corrected chi connectivity index (χ3v) is 4.55. The van der Waals surface area contributed by atoms with Crippen molar-refractivity contribution >= 4 is 11.3 Å². The Balaban J connectivity index is 1.79. The molecule has 1 N–H and O–H groups in total. The predicted molar refractivity (Wildman–Crippen MR) is 87.7 cm³/mol. The number of nitrogens with one attached hydrogen (secondary N) is 1. The largest absolute Gasteiger partial charge is 0.312 e. The molecule has 0 atom stereocenters. The summed E-state index contributed by atoms with van der Waals surface area (Å²) in [5, 5.41) is 3.50. The molecule has 0 radical (unpaired) electrons. The minimum atomic E-state index is 0.707. The van der Waals surface area contributed by atoms with Gasteiger partial charge in [-0.1, -0.05) is 19.8 Å². The lowest BCUT2D eigenvalue weighted by molar-refractivity contribution is 0.289. The molecule has 0 amide bonds. The van der Waals surface area contributed by atoms with Gasteiger partial charge in [-0.15, -0.1) is 17.8 Å². The second-order valence-electron chi connectivity index (χ2n) is 6.21. The summed E-state index contributed by atoms with van der Waals surface area (Å²) in [4.78, 5) is 5.27. The average molecular weight is 290 g/mol. The quantitative estimate of drug-likeness (QED) is 0.702. The van der Waals surface area contributed by atoms with E-state index in [-0.39, 0.29) is 0 Å². The van der Waals surface area contributed by atoms with Crippen LogP contribution in [0.25, 0.3) is 0 Å². The minimum Gasteiger partial charge on any atom is -0.312 e. The number of hydrogen-bond acceptors (Lipinski definition) is 3. The van der Waals surface area contributed by atoms with Gasteiger partial charge >= 0.3 is 0 Å². The molecule has 1 aliphatic rings. The van der Waals surface area contributed by atoms with Gasteiger partial charge in [0.05, 0.1) is 6.54 Å².